The van der Waals surface area contributed by atoms with Crippen LogP contribution in [0.1, 0.15) is 22.3 Å². The molecule has 0 heterocycles. The summed E-state index contributed by atoms with van der Waals surface area (Å²) < 4.78 is 0. The minimum Gasteiger partial charge on any atom is -0.334 e. The highest BCUT2D eigenvalue weighted by Crippen LogP contribution is 2.06. The first-order valence-electron chi connectivity index (χ1n) is 7.03. The van der Waals surface area contributed by atoms with Crippen LogP contribution in [0.3, 0.4) is 0 Å². The summed E-state index contributed by atoms with van der Waals surface area (Å²) in [6.45, 7) is 3.56. The Morgan fingerprint density at radius 1 is 1.00 bits per heavy atom. The van der Waals surface area contributed by atoms with E-state index in [4.69, 9.17) is 5.73 Å². The largest absolute Gasteiger partial charge is 0.334 e. The third kappa shape index (κ3) is 4.61. The molecule has 2 aromatic carbocycles. The molecule has 4 heteroatoms. The summed E-state index contributed by atoms with van der Waals surface area (Å²) >= 11 is 0. The van der Waals surface area contributed by atoms with E-state index in [9.17, 15) is 4.79 Å². The molecule has 4 N–H and O–H groups in total. The number of hydrogen-bond acceptors (Lipinski definition) is 2. The molecular formula is C17H21N3O. The van der Waals surface area contributed by atoms with Crippen LogP contribution in [-0.2, 0) is 19.6 Å². The molecule has 0 unspecified atom stereocenters. The Morgan fingerprint density at radius 3 is 2.48 bits per heavy atom. The van der Waals surface area contributed by atoms with Gasteiger partial charge in [0.25, 0.3) is 0 Å². The normalized spacial score (nSPS) is 10.2. The number of carbonyl (C=O) groups is 1. The van der Waals surface area contributed by atoms with Crippen molar-refractivity contribution in [2.75, 3.05) is 0 Å². The maximum absolute atomic E-state index is 11.8. The lowest BCUT2D eigenvalue weighted by Crippen LogP contribution is -2.34. The molecule has 0 fully saturated rings. The molecular weight excluding hydrogens is 262 g/mol. The number of amides is 2. The quantitative estimate of drug-likeness (QED) is 0.789. The van der Waals surface area contributed by atoms with Gasteiger partial charge in [0.05, 0.1) is 0 Å². The number of carbonyl (C=O) groups excluding carboxylic acids is 1. The molecule has 110 valence electrons. The van der Waals surface area contributed by atoms with E-state index in [0.717, 1.165) is 16.7 Å². The van der Waals surface area contributed by atoms with Crippen LogP contribution in [0.2, 0.25) is 0 Å². The second-order valence-corrected chi connectivity index (χ2v) is 4.99. The molecule has 0 atom stereocenters. The number of benzene rings is 2. The van der Waals surface area contributed by atoms with E-state index in [1.165, 1.54) is 5.56 Å². The van der Waals surface area contributed by atoms with Crippen LogP contribution in [0.5, 0.6) is 0 Å². The monoisotopic (exact) mass is 283 g/mol. The second kappa shape index (κ2) is 7.45. The van der Waals surface area contributed by atoms with Crippen LogP contribution in [-0.4, -0.2) is 6.03 Å². The summed E-state index contributed by atoms with van der Waals surface area (Å²) in [5.74, 6) is 0. The van der Waals surface area contributed by atoms with Gasteiger partial charge in [-0.25, -0.2) is 4.79 Å². The molecule has 0 aliphatic heterocycles. The van der Waals surface area contributed by atoms with Crippen molar-refractivity contribution >= 4 is 6.03 Å². The SMILES string of the molecule is Cc1ccccc1CNC(=O)NCc1cccc(CN)c1. The van der Waals surface area contributed by atoms with Gasteiger partial charge >= 0.3 is 6.03 Å². The molecule has 0 radical (unpaired) electrons. The van der Waals surface area contributed by atoms with Crippen molar-refractivity contribution in [1.29, 1.82) is 0 Å². The number of nitrogens with two attached hydrogens (primary N) is 1. The van der Waals surface area contributed by atoms with Gasteiger partial charge in [-0.15, -0.1) is 0 Å². The highest BCUT2D eigenvalue weighted by molar-refractivity contribution is 5.73. The highest BCUT2D eigenvalue weighted by Gasteiger charge is 2.02. The van der Waals surface area contributed by atoms with Crippen LogP contribution < -0.4 is 16.4 Å². The molecule has 0 aromatic heterocycles. The number of urea groups is 1. The Hall–Kier alpha value is -2.33. The predicted octanol–water partition coefficient (Wildman–Crippen LogP) is 2.45. The average molecular weight is 283 g/mol. The molecule has 0 saturated carbocycles. The molecule has 0 aliphatic rings. The van der Waals surface area contributed by atoms with Crippen molar-refractivity contribution in [3.05, 3.63) is 70.8 Å². The number of rotatable bonds is 5. The van der Waals surface area contributed by atoms with Crippen molar-refractivity contribution in [2.45, 2.75) is 26.6 Å². The molecule has 0 spiro atoms. The lowest BCUT2D eigenvalue weighted by Gasteiger charge is -2.10. The van der Waals surface area contributed by atoms with Gasteiger partial charge in [-0.1, -0.05) is 48.5 Å². The summed E-state index contributed by atoms with van der Waals surface area (Å²) in [7, 11) is 0. The fraction of sp³-hybridized carbons (Fsp3) is 0.235. The first-order chi connectivity index (χ1) is 10.2. The van der Waals surface area contributed by atoms with E-state index < -0.39 is 0 Å². The standard InChI is InChI=1S/C17H21N3O/c1-13-5-2-3-8-16(13)12-20-17(21)19-11-15-7-4-6-14(9-15)10-18/h2-9H,10-12,18H2,1H3,(H2,19,20,21). The average Bonchev–Trinajstić information content (AvgIpc) is 2.52. The molecule has 21 heavy (non-hydrogen) atoms. The number of nitrogens with one attached hydrogen (secondary N) is 2. The highest BCUT2D eigenvalue weighted by atomic mass is 16.2. The zero-order valence-electron chi connectivity index (χ0n) is 12.2. The topological polar surface area (TPSA) is 67.2 Å². The number of hydrogen-bond donors (Lipinski definition) is 3. The van der Waals surface area contributed by atoms with Crippen LogP contribution >= 0.6 is 0 Å². The Labute approximate surface area is 125 Å². The van der Waals surface area contributed by atoms with Crippen molar-refractivity contribution < 1.29 is 4.79 Å². The Bertz CT molecular complexity index is 610. The molecule has 2 rings (SSSR count). The molecule has 0 bridgehead atoms. The fourth-order valence-electron chi connectivity index (χ4n) is 2.10. The van der Waals surface area contributed by atoms with Crippen LogP contribution in [0.15, 0.2) is 48.5 Å². The zero-order chi connectivity index (χ0) is 15.1. The Balaban J connectivity index is 1.81. The number of aryl methyl sites for hydroxylation is 1. The van der Waals surface area contributed by atoms with Crippen LogP contribution in [0.4, 0.5) is 4.79 Å². The zero-order valence-corrected chi connectivity index (χ0v) is 12.2. The van der Waals surface area contributed by atoms with Crippen molar-refractivity contribution in [1.82, 2.24) is 10.6 Å². The van der Waals surface area contributed by atoms with Gasteiger partial charge in [0.15, 0.2) is 0 Å². The fourth-order valence-corrected chi connectivity index (χ4v) is 2.10. The Kier molecular flexibility index (Phi) is 5.35. The van der Waals surface area contributed by atoms with Crippen molar-refractivity contribution in [3.63, 3.8) is 0 Å². The summed E-state index contributed by atoms with van der Waals surface area (Å²) in [6.07, 6.45) is 0. The molecule has 0 saturated heterocycles. The van der Waals surface area contributed by atoms with Crippen LogP contribution in [0.25, 0.3) is 0 Å². The van der Waals surface area contributed by atoms with Gasteiger partial charge in [0.1, 0.15) is 0 Å². The lowest BCUT2D eigenvalue weighted by molar-refractivity contribution is 0.240. The molecule has 2 aromatic rings. The molecule has 0 aliphatic carbocycles. The summed E-state index contributed by atoms with van der Waals surface area (Å²) in [6, 6.07) is 15.7. The first kappa shape index (κ1) is 15.1. The minimum atomic E-state index is -0.170. The third-order valence-electron chi connectivity index (χ3n) is 3.38. The van der Waals surface area contributed by atoms with Crippen molar-refractivity contribution in [3.8, 4) is 0 Å². The lowest BCUT2D eigenvalue weighted by atomic mass is 10.1. The van der Waals surface area contributed by atoms with E-state index in [0.29, 0.717) is 19.6 Å². The third-order valence-corrected chi connectivity index (χ3v) is 3.38. The first-order valence-corrected chi connectivity index (χ1v) is 7.03. The van der Waals surface area contributed by atoms with Gasteiger partial charge in [-0.2, -0.15) is 0 Å². The predicted molar refractivity (Wildman–Crippen MR) is 84.6 cm³/mol. The molecule has 4 nitrogen and oxygen atoms in total. The van der Waals surface area contributed by atoms with Gasteiger partial charge in [-0.05, 0) is 29.2 Å². The van der Waals surface area contributed by atoms with E-state index >= 15 is 0 Å². The van der Waals surface area contributed by atoms with Crippen molar-refractivity contribution in [2.24, 2.45) is 5.73 Å². The Morgan fingerprint density at radius 2 is 1.71 bits per heavy atom. The second-order valence-electron chi connectivity index (χ2n) is 4.99. The van der Waals surface area contributed by atoms with Gasteiger partial charge in [0, 0.05) is 19.6 Å². The van der Waals surface area contributed by atoms with E-state index in [1.54, 1.807) is 0 Å². The van der Waals surface area contributed by atoms with E-state index in [1.807, 2.05) is 55.5 Å². The molecule has 2 amide bonds. The van der Waals surface area contributed by atoms with Gasteiger partial charge in [-0.3, -0.25) is 0 Å². The summed E-state index contributed by atoms with van der Waals surface area (Å²) in [5, 5.41) is 5.71. The summed E-state index contributed by atoms with van der Waals surface area (Å²) in [5.41, 5.74) is 10.0. The minimum absolute atomic E-state index is 0.170. The maximum atomic E-state index is 11.8. The van der Waals surface area contributed by atoms with Gasteiger partial charge in [0.2, 0.25) is 0 Å². The van der Waals surface area contributed by atoms with E-state index in [2.05, 4.69) is 10.6 Å². The van der Waals surface area contributed by atoms with Gasteiger partial charge < -0.3 is 16.4 Å². The maximum Gasteiger partial charge on any atom is 0.315 e. The summed E-state index contributed by atoms with van der Waals surface area (Å²) in [4.78, 5) is 11.8. The smallest absolute Gasteiger partial charge is 0.315 e. The van der Waals surface area contributed by atoms with Crippen LogP contribution in [0, 0.1) is 6.92 Å². The van der Waals surface area contributed by atoms with E-state index in [-0.39, 0.29) is 6.03 Å².